The zero-order valence-corrected chi connectivity index (χ0v) is 17.4. The van der Waals surface area contributed by atoms with Gasteiger partial charge < -0.3 is 10.1 Å². The highest BCUT2D eigenvalue weighted by Crippen LogP contribution is 2.35. The summed E-state index contributed by atoms with van der Waals surface area (Å²) in [6.45, 7) is 2.14. The molecule has 1 aromatic heterocycles. The molecule has 164 valence electrons. The van der Waals surface area contributed by atoms with Gasteiger partial charge in [0.25, 0.3) is 0 Å². The van der Waals surface area contributed by atoms with Gasteiger partial charge >= 0.3 is 6.18 Å². The molecule has 0 unspecified atom stereocenters. The van der Waals surface area contributed by atoms with Gasteiger partial charge in [-0.3, -0.25) is 4.79 Å². The van der Waals surface area contributed by atoms with Crippen LogP contribution in [-0.2, 0) is 27.5 Å². The van der Waals surface area contributed by atoms with Gasteiger partial charge in [0, 0.05) is 31.8 Å². The SMILES string of the molecule is CCOc1cc(CNC(=O)CCNS(=O)(=O)c2ccc(Cl)c(C(F)(F)F)c2)ccn1. The van der Waals surface area contributed by atoms with Crippen molar-refractivity contribution >= 4 is 27.5 Å². The number of nitrogens with zero attached hydrogens (tertiary/aromatic N) is 1. The molecule has 1 aromatic carbocycles. The molecule has 0 fully saturated rings. The van der Waals surface area contributed by atoms with Crippen LogP contribution in [0, 0.1) is 0 Å². The lowest BCUT2D eigenvalue weighted by Crippen LogP contribution is -2.30. The Hall–Kier alpha value is -2.37. The largest absolute Gasteiger partial charge is 0.478 e. The Morgan fingerprint density at radius 1 is 1.23 bits per heavy atom. The second kappa shape index (κ2) is 10.1. The summed E-state index contributed by atoms with van der Waals surface area (Å²) in [6, 6.07) is 5.61. The highest BCUT2D eigenvalue weighted by atomic mass is 35.5. The first kappa shape index (κ1) is 23.9. The summed E-state index contributed by atoms with van der Waals surface area (Å²) >= 11 is 5.49. The molecular formula is C18H19ClF3N3O4S. The summed E-state index contributed by atoms with van der Waals surface area (Å²) in [5.41, 5.74) is -0.517. The van der Waals surface area contributed by atoms with Crippen molar-refractivity contribution in [1.82, 2.24) is 15.0 Å². The summed E-state index contributed by atoms with van der Waals surface area (Å²) in [7, 11) is -4.25. The Kier molecular flexibility index (Phi) is 8.04. The van der Waals surface area contributed by atoms with Gasteiger partial charge in [-0.05, 0) is 36.8 Å². The van der Waals surface area contributed by atoms with Gasteiger partial charge in [0.2, 0.25) is 21.8 Å². The van der Waals surface area contributed by atoms with Gasteiger partial charge in [0.15, 0.2) is 0 Å². The Balaban J connectivity index is 1.90. The summed E-state index contributed by atoms with van der Waals surface area (Å²) < 4.78 is 70.5. The first-order valence-corrected chi connectivity index (χ1v) is 10.6. The van der Waals surface area contributed by atoms with Crippen molar-refractivity contribution < 1.29 is 31.1 Å². The predicted molar refractivity (Wildman–Crippen MR) is 104 cm³/mol. The number of benzene rings is 1. The smallest absolute Gasteiger partial charge is 0.417 e. The topological polar surface area (TPSA) is 97.4 Å². The van der Waals surface area contributed by atoms with Crippen LogP contribution >= 0.6 is 11.6 Å². The lowest BCUT2D eigenvalue weighted by atomic mass is 10.2. The third-order valence-corrected chi connectivity index (χ3v) is 5.57. The molecule has 0 saturated heterocycles. The molecule has 1 heterocycles. The van der Waals surface area contributed by atoms with Crippen molar-refractivity contribution in [3.63, 3.8) is 0 Å². The molecular weight excluding hydrogens is 447 g/mol. The number of alkyl halides is 3. The Morgan fingerprint density at radius 2 is 1.97 bits per heavy atom. The van der Waals surface area contributed by atoms with E-state index in [0.29, 0.717) is 18.6 Å². The molecule has 7 nitrogen and oxygen atoms in total. The van der Waals surface area contributed by atoms with Gasteiger partial charge in [0.05, 0.1) is 22.1 Å². The van der Waals surface area contributed by atoms with E-state index in [0.717, 1.165) is 17.7 Å². The molecule has 12 heteroatoms. The number of rotatable bonds is 9. The van der Waals surface area contributed by atoms with Gasteiger partial charge in [0.1, 0.15) is 0 Å². The number of hydrogen-bond acceptors (Lipinski definition) is 5. The molecule has 2 N–H and O–H groups in total. The van der Waals surface area contributed by atoms with Gasteiger partial charge in [-0.2, -0.15) is 13.2 Å². The van der Waals surface area contributed by atoms with Crippen LogP contribution in [0.2, 0.25) is 5.02 Å². The average Bonchev–Trinajstić information content (AvgIpc) is 2.66. The lowest BCUT2D eigenvalue weighted by Gasteiger charge is -2.12. The van der Waals surface area contributed by atoms with Crippen LogP contribution in [0.15, 0.2) is 41.4 Å². The molecule has 2 rings (SSSR count). The van der Waals surface area contributed by atoms with Crippen LogP contribution < -0.4 is 14.8 Å². The van der Waals surface area contributed by atoms with E-state index in [1.54, 1.807) is 12.1 Å². The van der Waals surface area contributed by atoms with E-state index in [9.17, 15) is 26.4 Å². The van der Waals surface area contributed by atoms with Crippen molar-refractivity contribution in [2.45, 2.75) is 31.0 Å². The van der Waals surface area contributed by atoms with E-state index in [4.69, 9.17) is 16.3 Å². The number of amides is 1. The summed E-state index contributed by atoms with van der Waals surface area (Å²) in [4.78, 5) is 15.3. The fourth-order valence-electron chi connectivity index (χ4n) is 2.35. The maximum absolute atomic E-state index is 12.9. The standard InChI is InChI=1S/C18H19ClF3N3O4S/c1-2-29-17-9-12(5-7-23-17)11-24-16(26)6-8-25-30(27,28)13-3-4-15(19)14(10-13)18(20,21)22/h3-5,7,9-10,25H,2,6,8,11H2,1H3,(H,24,26). The molecule has 0 aliphatic heterocycles. The summed E-state index contributed by atoms with van der Waals surface area (Å²) in [5, 5.41) is 2.00. The van der Waals surface area contributed by atoms with E-state index in [-0.39, 0.29) is 19.5 Å². The average molecular weight is 466 g/mol. The van der Waals surface area contributed by atoms with Crippen LogP contribution in [-0.4, -0.2) is 32.5 Å². The molecule has 2 aromatic rings. The minimum atomic E-state index is -4.79. The van der Waals surface area contributed by atoms with Crippen LogP contribution in [0.25, 0.3) is 0 Å². The van der Waals surface area contributed by atoms with Crippen LogP contribution in [0.4, 0.5) is 13.2 Å². The molecule has 0 aliphatic rings. The lowest BCUT2D eigenvalue weighted by molar-refractivity contribution is -0.137. The summed E-state index contributed by atoms with van der Waals surface area (Å²) in [6.07, 6.45) is -3.47. The first-order chi connectivity index (χ1) is 14.0. The molecule has 0 spiro atoms. The molecule has 30 heavy (non-hydrogen) atoms. The third kappa shape index (κ3) is 6.85. The van der Waals surface area contributed by atoms with E-state index in [1.807, 2.05) is 6.92 Å². The quantitative estimate of drug-likeness (QED) is 0.593. The Bertz CT molecular complexity index is 1000. The number of aromatic nitrogens is 1. The maximum atomic E-state index is 12.9. The zero-order valence-electron chi connectivity index (χ0n) is 15.8. The van der Waals surface area contributed by atoms with Gasteiger partial charge in [-0.1, -0.05) is 11.6 Å². The van der Waals surface area contributed by atoms with E-state index >= 15 is 0 Å². The fraction of sp³-hybridized carbons (Fsp3) is 0.333. The highest BCUT2D eigenvalue weighted by molar-refractivity contribution is 7.89. The number of halogens is 4. The predicted octanol–water partition coefficient (Wildman–Crippen LogP) is 3.14. The Morgan fingerprint density at radius 3 is 2.63 bits per heavy atom. The maximum Gasteiger partial charge on any atom is 0.417 e. The third-order valence-electron chi connectivity index (χ3n) is 3.78. The number of pyridine rings is 1. The highest BCUT2D eigenvalue weighted by Gasteiger charge is 2.34. The van der Waals surface area contributed by atoms with E-state index < -0.39 is 37.6 Å². The first-order valence-electron chi connectivity index (χ1n) is 8.73. The molecule has 0 atom stereocenters. The molecule has 0 radical (unpaired) electrons. The van der Waals surface area contributed by atoms with E-state index in [2.05, 4.69) is 15.0 Å². The van der Waals surface area contributed by atoms with Gasteiger partial charge in [-0.25, -0.2) is 18.1 Å². The van der Waals surface area contributed by atoms with Crippen molar-refractivity contribution in [3.8, 4) is 5.88 Å². The molecule has 0 bridgehead atoms. The second-order valence-electron chi connectivity index (χ2n) is 6.00. The van der Waals surface area contributed by atoms with E-state index in [1.165, 1.54) is 6.20 Å². The van der Waals surface area contributed by atoms with Gasteiger partial charge in [-0.15, -0.1) is 0 Å². The zero-order chi connectivity index (χ0) is 22.4. The number of sulfonamides is 1. The van der Waals surface area contributed by atoms with Crippen molar-refractivity contribution in [1.29, 1.82) is 0 Å². The molecule has 0 saturated carbocycles. The number of carbonyl (C=O) groups is 1. The Labute approximate surface area is 176 Å². The second-order valence-corrected chi connectivity index (χ2v) is 8.17. The van der Waals surface area contributed by atoms with Crippen LogP contribution in [0.1, 0.15) is 24.5 Å². The number of ether oxygens (including phenoxy) is 1. The molecule has 0 aliphatic carbocycles. The van der Waals surface area contributed by atoms with Crippen LogP contribution in [0.5, 0.6) is 5.88 Å². The minimum Gasteiger partial charge on any atom is -0.478 e. The van der Waals surface area contributed by atoms with Crippen molar-refractivity contribution in [2.75, 3.05) is 13.2 Å². The number of carbonyl (C=O) groups excluding carboxylic acids is 1. The van der Waals surface area contributed by atoms with Crippen molar-refractivity contribution in [2.24, 2.45) is 0 Å². The van der Waals surface area contributed by atoms with Crippen molar-refractivity contribution in [3.05, 3.63) is 52.7 Å². The monoisotopic (exact) mass is 465 g/mol. The van der Waals surface area contributed by atoms with Crippen LogP contribution in [0.3, 0.4) is 0 Å². The summed E-state index contributed by atoms with van der Waals surface area (Å²) in [5.74, 6) is -0.0299. The fourth-order valence-corrected chi connectivity index (χ4v) is 3.63. The normalized spacial score (nSPS) is 11.9. The number of hydrogen-bond donors (Lipinski definition) is 2. The minimum absolute atomic E-state index is 0.181. The number of nitrogens with one attached hydrogen (secondary N) is 2. The molecule has 1 amide bonds.